The Morgan fingerprint density at radius 1 is 1.24 bits per heavy atom. The minimum atomic E-state index is -0.495. The summed E-state index contributed by atoms with van der Waals surface area (Å²) in [6.07, 6.45) is 0.557. The average molecular weight is 228 g/mol. The first kappa shape index (κ1) is 11.6. The molecule has 2 aromatic carbocycles. The van der Waals surface area contributed by atoms with Gasteiger partial charge in [0.2, 0.25) is 5.91 Å². The molecule has 1 atom stereocenters. The minimum absolute atomic E-state index is 0.127. The van der Waals surface area contributed by atoms with Crippen molar-refractivity contribution in [2.75, 3.05) is 7.05 Å². The maximum absolute atomic E-state index is 11.4. The van der Waals surface area contributed by atoms with Gasteiger partial charge in [-0.3, -0.25) is 4.79 Å². The standard InChI is InChI=1S/C14H16N2O/c1-16-14(17)13(15)9-11-7-4-6-10-5-2-3-8-12(10)11/h2-8,13H,9,15H2,1H3,(H,16,17)/t13-/m1/s1. The van der Waals surface area contributed by atoms with Gasteiger partial charge in [-0.05, 0) is 22.8 Å². The Labute approximate surface area is 101 Å². The molecule has 0 fully saturated rings. The summed E-state index contributed by atoms with van der Waals surface area (Å²) in [7, 11) is 1.60. The van der Waals surface area contributed by atoms with E-state index in [-0.39, 0.29) is 5.91 Å². The van der Waals surface area contributed by atoms with Gasteiger partial charge in [0.1, 0.15) is 0 Å². The Kier molecular flexibility index (Phi) is 3.40. The summed E-state index contributed by atoms with van der Waals surface area (Å²) in [5.41, 5.74) is 6.95. The average Bonchev–Trinajstić information content (AvgIpc) is 2.38. The Hall–Kier alpha value is -1.87. The van der Waals surface area contributed by atoms with Gasteiger partial charge in [0, 0.05) is 7.05 Å². The van der Waals surface area contributed by atoms with E-state index < -0.39 is 6.04 Å². The van der Waals surface area contributed by atoms with Gasteiger partial charge >= 0.3 is 0 Å². The zero-order valence-electron chi connectivity index (χ0n) is 9.81. The van der Waals surface area contributed by atoms with Gasteiger partial charge in [-0.1, -0.05) is 42.5 Å². The SMILES string of the molecule is CNC(=O)[C@H](N)Cc1cccc2ccccc12. The Bertz CT molecular complexity index is 531. The smallest absolute Gasteiger partial charge is 0.237 e. The van der Waals surface area contributed by atoms with Crippen LogP contribution in [0.2, 0.25) is 0 Å². The van der Waals surface area contributed by atoms with Crippen LogP contribution in [0.5, 0.6) is 0 Å². The highest BCUT2D eigenvalue weighted by atomic mass is 16.2. The lowest BCUT2D eigenvalue weighted by Crippen LogP contribution is -2.40. The Balaban J connectivity index is 2.33. The third kappa shape index (κ3) is 2.45. The largest absolute Gasteiger partial charge is 0.358 e. The molecule has 0 aliphatic rings. The van der Waals surface area contributed by atoms with Crippen molar-refractivity contribution in [2.45, 2.75) is 12.5 Å². The summed E-state index contributed by atoms with van der Waals surface area (Å²) in [4.78, 5) is 11.4. The van der Waals surface area contributed by atoms with Crippen molar-refractivity contribution in [3.63, 3.8) is 0 Å². The molecule has 0 heterocycles. The second-order valence-electron chi connectivity index (χ2n) is 4.06. The molecule has 88 valence electrons. The highest BCUT2D eigenvalue weighted by molar-refractivity contribution is 5.87. The van der Waals surface area contributed by atoms with Crippen LogP contribution in [0, 0.1) is 0 Å². The molecule has 2 aromatic rings. The second kappa shape index (κ2) is 4.97. The molecule has 0 bridgehead atoms. The molecule has 0 spiro atoms. The van der Waals surface area contributed by atoms with Crippen LogP contribution in [0.3, 0.4) is 0 Å². The summed E-state index contributed by atoms with van der Waals surface area (Å²) in [6, 6.07) is 13.7. The van der Waals surface area contributed by atoms with Gasteiger partial charge in [-0.2, -0.15) is 0 Å². The van der Waals surface area contributed by atoms with Crippen LogP contribution in [-0.2, 0) is 11.2 Å². The molecule has 2 rings (SSSR count). The highest BCUT2D eigenvalue weighted by Crippen LogP contribution is 2.19. The van der Waals surface area contributed by atoms with Gasteiger partial charge in [0.15, 0.2) is 0 Å². The summed E-state index contributed by atoms with van der Waals surface area (Å²) in [6.45, 7) is 0. The number of rotatable bonds is 3. The van der Waals surface area contributed by atoms with E-state index in [1.165, 1.54) is 5.39 Å². The first-order chi connectivity index (χ1) is 8.22. The van der Waals surface area contributed by atoms with Gasteiger partial charge in [0.05, 0.1) is 6.04 Å². The number of carbonyl (C=O) groups excluding carboxylic acids is 1. The molecule has 3 N–H and O–H groups in total. The van der Waals surface area contributed by atoms with Crippen molar-refractivity contribution < 1.29 is 4.79 Å². The fraction of sp³-hybridized carbons (Fsp3) is 0.214. The van der Waals surface area contributed by atoms with Crippen LogP contribution < -0.4 is 11.1 Å². The van der Waals surface area contributed by atoms with Crippen LogP contribution in [0.25, 0.3) is 10.8 Å². The molecule has 0 aliphatic heterocycles. The number of hydrogen-bond donors (Lipinski definition) is 2. The summed E-state index contributed by atoms with van der Waals surface area (Å²) in [5, 5.41) is 4.91. The monoisotopic (exact) mass is 228 g/mol. The molecule has 0 aliphatic carbocycles. The number of nitrogens with two attached hydrogens (primary N) is 1. The highest BCUT2D eigenvalue weighted by Gasteiger charge is 2.13. The summed E-state index contributed by atoms with van der Waals surface area (Å²) >= 11 is 0. The van der Waals surface area contributed by atoms with Gasteiger partial charge in [-0.15, -0.1) is 0 Å². The zero-order chi connectivity index (χ0) is 12.3. The van der Waals surface area contributed by atoms with E-state index >= 15 is 0 Å². The first-order valence-corrected chi connectivity index (χ1v) is 5.66. The van der Waals surface area contributed by atoms with Crippen molar-refractivity contribution in [2.24, 2.45) is 5.73 Å². The van der Waals surface area contributed by atoms with E-state index in [1.54, 1.807) is 7.05 Å². The number of likely N-dealkylation sites (N-methyl/N-ethyl adjacent to an activating group) is 1. The molecule has 0 aromatic heterocycles. The van der Waals surface area contributed by atoms with Crippen molar-refractivity contribution in [3.05, 3.63) is 48.0 Å². The van der Waals surface area contributed by atoms with Crippen molar-refractivity contribution in [3.8, 4) is 0 Å². The van der Waals surface area contributed by atoms with E-state index in [0.717, 1.165) is 10.9 Å². The Morgan fingerprint density at radius 3 is 2.71 bits per heavy atom. The van der Waals surface area contributed by atoms with Crippen LogP contribution in [0.1, 0.15) is 5.56 Å². The normalized spacial score (nSPS) is 12.4. The van der Waals surface area contributed by atoms with Gasteiger partial charge < -0.3 is 11.1 Å². The lowest BCUT2D eigenvalue weighted by molar-refractivity contribution is -0.121. The maximum Gasteiger partial charge on any atom is 0.237 e. The van der Waals surface area contributed by atoms with E-state index in [2.05, 4.69) is 23.5 Å². The molecule has 0 saturated heterocycles. The molecule has 0 radical (unpaired) electrons. The second-order valence-corrected chi connectivity index (χ2v) is 4.06. The predicted octanol–water partition coefficient (Wildman–Crippen LogP) is 1.46. The van der Waals surface area contributed by atoms with Crippen LogP contribution in [-0.4, -0.2) is 19.0 Å². The van der Waals surface area contributed by atoms with Crippen LogP contribution in [0.15, 0.2) is 42.5 Å². The first-order valence-electron chi connectivity index (χ1n) is 5.66. The van der Waals surface area contributed by atoms with Crippen LogP contribution in [0.4, 0.5) is 0 Å². The van der Waals surface area contributed by atoms with Crippen molar-refractivity contribution in [1.29, 1.82) is 0 Å². The molecule has 3 nitrogen and oxygen atoms in total. The van der Waals surface area contributed by atoms with Gasteiger partial charge in [0.25, 0.3) is 0 Å². The van der Waals surface area contributed by atoms with E-state index in [0.29, 0.717) is 6.42 Å². The molecule has 0 saturated carbocycles. The maximum atomic E-state index is 11.4. The molecular formula is C14H16N2O. The minimum Gasteiger partial charge on any atom is -0.358 e. The third-order valence-electron chi connectivity index (χ3n) is 2.90. The van der Waals surface area contributed by atoms with E-state index in [9.17, 15) is 4.79 Å². The zero-order valence-corrected chi connectivity index (χ0v) is 9.81. The third-order valence-corrected chi connectivity index (χ3v) is 2.90. The fourth-order valence-electron chi connectivity index (χ4n) is 1.99. The number of amides is 1. The summed E-state index contributed by atoms with van der Waals surface area (Å²) < 4.78 is 0. The molecule has 3 heteroatoms. The molecule has 0 unspecified atom stereocenters. The number of nitrogens with one attached hydrogen (secondary N) is 1. The predicted molar refractivity (Wildman–Crippen MR) is 69.7 cm³/mol. The fourth-order valence-corrected chi connectivity index (χ4v) is 1.99. The van der Waals surface area contributed by atoms with Crippen molar-refractivity contribution in [1.82, 2.24) is 5.32 Å². The lowest BCUT2D eigenvalue weighted by atomic mass is 9.99. The molecule has 17 heavy (non-hydrogen) atoms. The summed E-state index contributed by atoms with van der Waals surface area (Å²) in [5.74, 6) is -0.127. The van der Waals surface area contributed by atoms with E-state index in [1.807, 2.05) is 24.3 Å². The van der Waals surface area contributed by atoms with E-state index in [4.69, 9.17) is 5.73 Å². The molecule has 1 amide bonds. The quantitative estimate of drug-likeness (QED) is 0.835. The molecular weight excluding hydrogens is 212 g/mol. The number of carbonyl (C=O) groups is 1. The topological polar surface area (TPSA) is 55.1 Å². The lowest BCUT2D eigenvalue weighted by Gasteiger charge is -2.12. The Morgan fingerprint density at radius 2 is 1.94 bits per heavy atom. The number of fused-ring (bicyclic) bond motifs is 1. The van der Waals surface area contributed by atoms with Gasteiger partial charge in [-0.25, -0.2) is 0 Å². The number of benzene rings is 2. The van der Waals surface area contributed by atoms with Crippen molar-refractivity contribution >= 4 is 16.7 Å². The number of hydrogen-bond acceptors (Lipinski definition) is 2. The van der Waals surface area contributed by atoms with Crippen LogP contribution >= 0.6 is 0 Å².